The number of nitrogens with one attached hydrogen (secondary N) is 1. The van der Waals surface area contributed by atoms with Gasteiger partial charge < -0.3 is 14.6 Å². The summed E-state index contributed by atoms with van der Waals surface area (Å²) in [5.41, 5.74) is -2.93. The zero-order valence-electron chi connectivity index (χ0n) is 15.9. The third-order valence-electron chi connectivity index (χ3n) is 3.97. The van der Waals surface area contributed by atoms with Crippen molar-refractivity contribution >= 4 is 22.7 Å². The number of pyridine rings is 2. The van der Waals surface area contributed by atoms with E-state index in [4.69, 9.17) is 4.74 Å². The number of rotatable bonds is 5. The molecule has 1 unspecified atom stereocenters. The molecule has 0 aliphatic carbocycles. The van der Waals surface area contributed by atoms with Crippen molar-refractivity contribution in [1.29, 1.82) is 0 Å². The molecule has 0 saturated heterocycles. The molecule has 1 amide bonds. The summed E-state index contributed by atoms with van der Waals surface area (Å²) < 4.78 is 105. The lowest BCUT2D eigenvalue weighted by Crippen LogP contribution is -2.15. The predicted molar refractivity (Wildman–Crippen MR) is 100 cm³/mol. The fraction of sp³-hybridized carbons (Fsp3) is 0.105. The molecule has 33 heavy (non-hydrogen) atoms. The molecule has 0 spiro atoms. The van der Waals surface area contributed by atoms with Crippen molar-refractivity contribution in [1.82, 2.24) is 9.97 Å². The Morgan fingerprint density at radius 3 is 2.27 bits per heavy atom. The number of amides is 1. The topological polar surface area (TPSA) is 104 Å². The second-order valence-electron chi connectivity index (χ2n) is 6.29. The Labute approximate surface area is 183 Å². The Balaban J connectivity index is 1.95. The van der Waals surface area contributed by atoms with Crippen LogP contribution in [-0.4, -0.2) is 24.6 Å². The second kappa shape index (κ2) is 9.15. The molecular weight excluding hydrogens is 480 g/mol. The number of carbonyl (C=O) groups is 1. The van der Waals surface area contributed by atoms with E-state index >= 15 is 0 Å². The largest absolute Gasteiger partial charge is 0.768 e. The van der Waals surface area contributed by atoms with E-state index in [2.05, 4.69) is 15.3 Å². The van der Waals surface area contributed by atoms with Crippen molar-refractivity contribution in [2.75, 3.05) is 5.32 Å². The van der Waals surface area contributed by atoms with Crippen molar-refractivity contribution in [3.63, 3.8) is 0 Å². The minimum Gasteiger partial charge on any atom is -0.768 e. The number of anilines is 1. The van der Waals surface area contributed by atoms with Crippen LogP contribution in [-0.2, 0) is 23.4 Å². The molecule has 2 heterocycles. The minimum atomic E-state index is -4.80. The summed E-state index contributed by atoms with van der Waals surface area (Å²) >= 11 is -2.65. The van der Waals surface area contributed by atoms with Crippen LogP contribution in [0.4, 0.5) is 32.0 Å². The molecule has 174 valence electrons. The van der Waals surface area contributed by atoms with Gasteiger partial charge in [0.15, 0.2) is 0 Å². The van der Waals surface area contributed by atoms with Crippen LogP contribution in [0.2, 0.25) is 0 Å². The van der Waals surface area contributed by atoms with Gasteiger partial charge in [-0.25, -0.2) is 4.98 Å². The van der Waals surface area contributed by atoms with Crippen molar-refractivity contribution in [2.45, 2.75) is 17.2 Å². The van der Waals surface area contributed by atoms with Gasteiger partial charge in [0, 0.05) is 11.1 Å². The van der Waals surface area contributed by atoms with Crippen LogP contribution in [0.25, 0.3) is 0 Å². The van der Waals surface area contributed by atoms with E-state index < -0.39 is 51.9 Å². The van der Waals surface area contributed by atoms with Crippen LogP contribution >= 0.6 is 0 Å². The molecule has 1 atom stereocenters. The van der Waals surface area contributed by atoms with Crippen LogP contribution in [0.5, 0.6) is 11.5 Å². The summed E-state index contributed by atoms with van der Waals surface area (Å²) in [7, 11) is 0. The van der Waals surface area contributed by atoms with Crippen molar-refractivity contribution in [3.05, 3.63) is 71.8 Å². The maximum absolute atomic E-state index is 13.1. The Bertz CT molecular complexity index is 1200. The molecule has 0 aliphatic rings. The predicted octanol–water partition coefficient (Wildman–Crippen LogP) is 4.80. The standard InChI is InChI=1S/C19H11F6N3O4S/c20-18(21,22)10-1-3-14(17(29)28-11-6-13(33(30)31)9-26-7-11)15(5-10)32-12-2-4-16(27-8-12)19(23,24)25/h1-9H,(H,28,29)(H,30,31)/p-1. The smallest absolute Gasteiger partial charge is 0.433 e. The normalized spacial score (nSPS) is 12.8. The van der Waals surface area contributed by atoms with Crippen LogP contribution in [0.3, 0.4) is 0 Å². The molecule has 0 fully saturated rings. The fourth-order valence-electron chi connectivity index (χ4n) is 2.48. The first-order chi connectivity index (χ1) is 15.3. The van der Waals surface area contributed by atoms with E-state index in [1.54, 1.807) is 0 Å². The Kier molecular flexibility index (Phi) is 6.69. The van der Waals surface area contributed by atoms with Crippen molar-refractivity contribution < 1.29 is 44.6 Å². The highest BCUT2D eigenvalue weighted by molar-refractivity contribution is 7.79. The van der Waals surface area contributed by atoms with Gasteiger partial charge in [-0.3, -0.25) is 14.0 Å². The molecule has 7 nitrogen and oxygen atoms in total. The van der Waals surface area contributed by atoms with Crippen LogP contribution in [0.15, 0.2) is 59.9 Å². The summed E-state index contributed by atoms with van der Waals surface area (Å²) in [4.78, 5) is 19.2. The molecule has 1 N–H and O–H groups in total. The number of ether oxygens (including phenoxy) is 1. The number of hydrogen-bond acceptors (Lipinski definition) is 6. The molecule has 0 radical (unpaired) electrons. The van der Waals surface area contributed by atoms with Crippen LogP contribution in [0, 0.1) is 0 Å². The van der Waals surface area contributed by atoms with Crippen molar-refractivity contribution in [2.24, 2.45) is 0 Å². The number of carbonyl (C=O) groups excluding carboxylic acids is 1. The second-order valence-corrected chi connectivity index (χ2v) is 7.23. The molecule has 3 rings (SSSR count). The lowest BCUT2D eigenvalue weighted by Gasteiger charge is -2.15. The third kappa shape index (κ3) is 6.04. The van der Waals surface area contributed by atoms with Gasteiger partial charge in [0.1, 0.15) is 17.2 Å². The van der Waals surface area contributed by atoms with Gasteiger partial charge in [0.05, 0.1) is 29.2 Å². The highest BCUT2D eigenvalue weighted by atomic mass is 32.2. The molecular formula is C19H10F6N3O4S-. The third-order valence-corrected chi connectivity index (χ3v) is 4.58. The van der Waals surface area contributed by atoms with E-state index in [-0.39, 0.29) is 16.3 Å². The van der Waals surface area contributed by atoms with E-state index in [0.717, 1.165) is 30.6 Å². The lowest BCUT2D eigenvalue weighted by molar-refractivity contribution is -0.141. The number of halogens is 6. The quantitative estimate of drug-likeness (QED) is 0.407. The van der Waals surface area contributed by atoms with E-state index in [1.165, 1.54) is 0 Å². The molecule has 1 aromatic carbocycles. The van der Waals surface area contributed by atoms with Gasteiger partial charge >= 0.3 is 12.4 Å². The Hall–Kier alpha value is -3.52. The number of benzene rings is 1. The van der Waals surface area contributed by atoms with Gasteiger partial charge in [0.25, 0.3) is 5.91 Å². The molecule has 3 aromatic rings. The van der Waals surface area contributed by atoms with E-state index in [1.807, 2.05) is 0 Å². The highest BCUT2D eigenvalue weighted by Gasteiger charge is 2.33. The summed E-state index contributed by atoms with van der Waals surface area (Å²) in [5, 5.41) is 2.27. The minimum absolute atomic E-state index is 0.0799. The Morgan fingerprint density at radius 2 is 1.70 bits per heavy atom. The number of aromatic nitrogens is 2. The lowest BCUT2D eigenvalue weighted by atomic mass is 10.1. The number of hydrogen-bond donors (Lipinski definition) is 1. The highest BCUT2D eigenvalue weighted by Crippen LogP contribution is 2.36. The van der Waals surface area contributed by atoms with Gasteiger partial charge in [-0.2, -0.15) is 26.3 Å². The summed E-state index contributed by atoms with van der Waals surface area (Å²) in [5.74, 6) is -1.98. The average Bonchev–Trinajstić information content (AvgIpc) is 2.73. The molecule has 14 heteroatoms. The van der Waals surface area contributed by atoms with Crippen LogP contribution < -0.4 is 10.1 Å². The number of alkyl halides is 6. The van der Waals surface area contributed by atoms with Gasteiger partial charge in [-0.15, -0.1) is 0 Å². The molecule has 0 saturated carbocycles. The first kappa shape index (κ1) is 24.1. The molecule has 0 aliphatic heterocycles. The SMILES string of the molecule is O=C(Nc1cncc(S(=O)[O-])c1)c1ccc(C(F)(F)F)cc1Oc1ccc(C(F)(F)F)nc1. The maximum atomic E-state index is 13.1. The van der Waals surface area contributed by atoms with Gasteiger partial charge in [-0.1, -0.05) is 0 Å². The van der Waals surface area contributed by atoms with E-state index in [0.29, 0.717) is 24.4 Å². The van der Waals surface area contributed by atoms with Gasteiger partial charge in [0.2, 0.25) is 0 Å². The van der Waals surface area contributed by atoms with Gasteiger partial charge in [-0.05, 0) is 47.5 Å². The van der Waals surface area contributed by atoms with Crippen molar-refractivity contribution in [3.8, 4) is 11.5 Å². The average molecular weight is 490 g/mol. The van der Waals surface area contributed by atoms with E-state index in [9.17, 15) is 39.9 Å². The maximum Gasteiger partial charge on any atom is 0.433 e. The Morgan fingerprint density at radius 1 is 0.970 bits per heavy atom. The first-order valence-corrected chi connectivity index (χ1v) is 9.70. The molecule has 0 bridgehead atoms. The molecule has 2 aromatic heterocycles. The van der Waals surface area contributed by atoms with Crippen LogP contribution in [0.1, 0.15) is 21.6 Å². The summed E-state index contributed by atoms with van der Waals surface area (Å²) in [6, 6.07) is 4.34. The fourth-order valence-corrected chi connectivity index (χ4v) is 2.85. The summed E-state index contributed by atoms with van der Waals surface area (Å²) in [6.45, 7) is 0. The monoisotopic (exact) mass is 490 g/mol. The zero-order chi connectivity index (χ0) is 24.4. The number of nitrogens with zero attached hydrogens (tertiary/aromatic N) is 2. The zero-order valence-corrected chi connectivity index (χ0v) is 16.7. The summed E-state index contributed by atoms with van der Waals surface area (Å²) in [6.07, 6.45) is -6.80. The first-order valence-electron chi connectivity index (χ1n) is 8.62.